The molecule has 2 aromatic rings. The van der Waals surface area contributed by atoms with Crippen LogP contribution in [-0.2, 0) is 43.9 Å². The molecule has 0 spiro atoms. The molecule has 3 rings (SSSR count). The molecule has 2 heterocycles. The molecule has 0 radical (unpaired) electrons. The van der Waals surface area contributed by atoms with Gasteiger partial charge in [0.15, 0.2) is 6.61 Å². The molecule has 1 aromatic carbocycles. The first-order valence-corrected chi connectivity index (χ1v) is 9.61. The predicted molar refractivity (Wildman–Crippen MR) is 109 cm³/mol. The summed E-state index contributed by atoms with van der Waals surface area (Å²) in [5.41, 5.74) is 4.50. The Balaban J connectivity index is 1.66. The summed E-state index contributed by atoms with van der Waals surface area (Å²) in [4.78, 5) is 38.5. The van der Waals surface area contributed by atoms with Crippen LogP contribution in [0.4, 0.5) is 0 Å². The molecule has 0 aliphatic carbocycles. The van der Waals surface area contributed by atoms with E-state index in [0.29, 0.717) is 6.42 Å². The van der Waals surface area contributed by atoms with E-state index in [1.165, 1.54) is 18.1 Å². The summed E-state index contributed by atoms with van der Waals surface area (Å²) >= 11 is 0. The number of carbonyl (C=O) groups excluding carboxylic acids is 3. The second-order valence-corrected chi connectivity index (χ2v) is 7.18. The van der Waals surface area contributed by atoms with Gasteiger partial charge in [0.25, 0.3) is 5.91 Å². The van der Waals surface area contributed by atoms with Crippen LogP contribution in [0.3, 0.4) is 0 Å². The third-order valence-electron chi connectivity index (χ3n) is 5.33. The summed E-state index contributed by atoms with van der Waals surface area (Å²) < 4.78 is 11.7. The number of hydrogen-bond acceptors (Lipinski definition) is 6. The van der Waals surface area contributed by atoms with Crippen LogP contribution in [0.1, 0.15) is 28.1 Å². The Bertz CT molecular complexity index is 1010. The number of esters is 2. The molecule has 0 N–H and O–H groups in total. The highest BCUT2D eigenvalue weighted by molar-refractivity contribution is 5.91. The minimum absolute atomic E-state index is 0.260. The van der Waals surface area contributed by atoms with Crippen LogP contribution < -0.4 is 0 Å². The molecule has 0 saturated heterocycles. The Morgan fingerprint density at radius 1 is 1.20 bits per heavy atom. The Kier molecular flexibility index (Phi) is 6.34. The second kappa shape index (κ2) is 8.94. The number of fused-ring (bicyclic) bond motifs is 1. The highest BCUT2D eigenvalue weighted by atomic mass is 16.5. The normalized spacial score (nSPS) is 15.7. The summed E-state index contributed by atoms with van der Waals surface area (Å²) in [5, 5.41) is 4.28. The highest BCUT2D eigenvalue weighted by Crippen LogP contribution is 2.24. The van der Waals surface area contributed by atoms with Gasteiger partial charge < -0.3 is 14.4 Å². The number of amides is 1. The zero-order chi connectivity index (χ0) is 21.8. The average molecular weight is 411 g/mol. The molecule has 1 atom stereocenters. The molecule has 8 nitrogen and oxygen atoms in total. The number of ether oxygens (including phenoxy) is 2. The monoisotopic (exact) mass is 411 g/mol. The number of carbonyl (C=O) groups is 3. The summed E-state index contributed by atoms with van der Waals surface area (Å²) in [7, 11) is 3.11. The smallest absolute Gasteiger partial charge is 0.331 e. The van der Waals surface area contributed by atoms with Gasteiger partial charge in [0.05, 0.1) is 12.8 Å². The van der Waals surface area contributed by atoms with E-state index in [2.05, 4.69) is 5.10 Å². The van der Waals surface area contributed by atoms with Crippen LogP contribution in [0, 0.1) is 13.8 Å². The summed E-state index contributed by atoms with van der Waals surface area (Å²) in [6.07, 6.45) is 3.26. The van der Waals surface area contributed by atoms with Crippen molar-refractivity contribution >= 4 is 23.9 Å². The Hall–Kier alpha value is -3.42. The van der Waals surface area contributed by atoms with Gasteiger partial charge in [0.2, 0.25) is 0 Å². The van der Waals surface area contributed by atoms with Crippen molar-refractivity contribution < 1.29 is 23.9 Å². The first-order chi connectivity index (χ1) is 14.3. The third kappa shape index (κ3) is 4.42. The third-order valence-corrected chi connectivity index (χ3v) is 5.33. The fraction of sp³-hybridized carbons (Fsp3) is 0.364. The molecule has 1 aliphatic heterocycles. The molecule has 158 valence electrons. The van der Waals surface area contributed by atoms with Crippen LogP contribution >= 0.6 is 0 Å². The number of nitrogens with zero attached hydrogens (tertiary/aromatic N) is 3. The van der Waals surface area contributed by atoms with Gasteiger partial charge in [0, 0.05) is 37.3 Å². The molecular weight excluding hydrogens is 386 g/mol. The fourth-order valence-electron chi connectivity index (χ4n) is 3.58. The van der Waals surface area contributed by atoms with Gasteiger partial charge in [-0.15, -0.1) is 0 Å². The highest BCUT2D eigenvalue weighted by Gasteiger charge is 2.35. The zero-order valence-electron chi connectivity index (χ0n) is 17.5. The minimum Gasteiger partial charge on any atom is -0.467 e. The van der Waals surface area contributed by atoms with Crippen molar-refractivity contribution in [3.63, 3.8) is 0 Å². The van der Waals surface area contributed by atoms with E-state index in [0.717, 1.165) is 28.1 Å². The molecule has 8 heteroatoms. The van der Waals surface area contributed by atoms with Crippen LogP contribution in [-0.4, -0.2) is 52.3 Å². The lowest BCUT2D eigenvalue weighted by atomic mass is 9.94. The van der Waals surface area contributed by atoms with Crippen molar-refractivity contribution in [1.29, 1.82) is 0 Å². The minimum atomic E-state index is -0.743. The molecule has 30 heavy (non-hydrogen) atoms. The molecule has 0 saturated carbocycles. The van der Waals surface area contributed by atoms with Crippen LogP contribution in [0.2, 0.25) is 0 Å². The first-order valence-electron chi connectivity index (χ1n) is 9.61. The Morgan fingerprint density at radius 3 is 2.53 bits per heavy atom. The van der Waals surface area contributed by atoms with E-state index in [1.807, 2.05) is 45.2 Å². The number of hydrogen-bond donors (Lipinski definition) is 0. The Labute approximate surface area is 175 Å². The number of aromatic nitrogens is 2. The van der Waals surface area contributed by atoms with Gasteiger partial charge in [-0.1, -0.05) is 24.3 Å². The van der Waals surface area contributed by atoms with E-state index >= 15 is 0 Å². The maximum absolute atomic E-state index is 12.7. The van der Waals surface area contributed by atoms with Gasteiger partial charge in [-0.3, -0.25) is 9.48 Å². The first kappa shape index (κ1) is 21.3. The van der Waals surface area contributed by atoms with Crippen molar-refractivity contribution in [3.05, 3.63) is 58.4 Å². The van der Waals surface area contributed by atoms with Crippen LogP contribution in [0.15, 0.2) is 30.3 Å². The number of rotatable bonds is 5. The van der Waals surface area contributed by atoms with E-state index in [-0.39, 0.29) is 6.54 Å². The van der Waals surface area contributed by atoms with Crippen LogP contribution in [0.25, 0.3) is 6.08 Å². The lowest BCUT2D eigenvalue weighted by Gasteiger charge is -2.35. The predicted octanol–water partition coefficient (Wildman–Crippen LogP) is 1.72. The van der Waals surface area contributed by atoms with Crippen molar-refractivity contribution in [2.24, 2.45) is 7.05 Å². The number of methoxy groups -OCH3 is 1. The van der Waals surface area contributed by atoms with Gasteiger partial charge in [-0.25, -0.2) is 9.59 Å². The molecule has 1 aliphatic rings. The van der Waals surface area contributed by atoms with Gasteiger partial charge >= 0.3 is 11.9 Å². The van der Waals surface area contributed by atoms with Crippen LogP contribution in [0.5, 0.6) is 0 Å². The number of aryl methyl sites for hydroxylation is 2. The molecule has 0 fully saturated rings. The van der Waals surface area contributed by atoms with E-state index in [1.54, 1.807) is 10.8 Å². The largest absolute Gasteiger partial charge is 0.467 e. The fourth-order valence-corrected chi connectivity index (χ4v) is 3.58. The summed E-state index contributed by atoms with van der Waals surface area (Å²) in [6, 6.07) is 6.88. The second-order valence-electron chi connectivity index (χ2n) is 7.18. The zero-order valence-corrected chi connectivity index (χ0v) is 17.5. The topological polar surface area (TPSA) is 90.7 Å². The lowest BCUT2D eigenvalue weighted by molar-refractivity contribution is -0.158. The standard InChI is InChI=1S/C22H25N3O5/c1-14-18(15(2)24(3)23-14)9-10-21(27)30-13-20(26)25-12-17-8-6-5-7-16(17)11-19(25)22(28)29-4/h5-10,19H,11-13H2,1-4H3/b10-9+/t19-/m0/s1. The average Bonchev–Trinajstić information content (AvgIpc) is 2.99. The van der Waals surface area contributed by atoms with Crippen molar-refractivity contribution in [3.8, 4) is 0 Å². The molecule has 0 unspecified atom stereocenters. The van der Waals surface area contributed by atoms with Gasteiger partial charge in [0.1, 0.15) is 6.04 Å². The summed E-state index contributed by atoms with van der Waals surface area (Å²) in [5.74, 6) is -1.58. The Morgan fingerprint density at radius 2 is 1.90 bits per heavy atom. The summed E-state index contributed by atoms with van der Waals surface area (Å²) in [6.45, 7) is 3.55. The molecule has 1 aromatic heterocycles. The SMILES string of the molecule is COC(=O)[C@@H]1Cc2ccccc2CN1C(=O)COC(=O)/C=C/c1c(C)nn(C)c1C. The van der Waals surface area contributed by atoms with Crippen molar-refractivity contribution in [2.45, 2.75) is 32.9 Å². The molecule has 1 amide bonds. The maximum atomic E-state index is 12.7. The van der Waals surface area contributed by atoms with Crippen molar-refractivity contribution in [1.82, 2.24) is 14.7 Å². The quantitative estimate of drug-likeness (QED) is 0.550. The molecule has 0 bridgehead atoms. The van der Waals surface area contributed by atoms with E-state index in [9.17, 15) is 14.4 Å². The maximum Gasteiger partial charge on any atom is 0.331 e. The van der Waals surface area contributed by atoms with Crippen molar-refractivity contribution in [2.75, 3.05) is 13.7 Å². The van der Waals surface area contributed by atoms with E-state index in [4.69, 9.17) is 9.47 Å². The molecular formula is C22H25N3O5. The lowest BCUT2D eigenvalue weighted by Crippen LogP contribution is -2.50. The number of benzene rings is 1. The van der Waals surface area contributed by atoms with Gasteiger partial charge in [-0.05, 0) is 31.1 Å². The van der Waals surface area contributed by atoms with Gasteiger partial charge in [-0.2, -0.15) is 5.10 Å². The van der Waals surface area contributed by atoms with E-state index < -0.39 is 30.5 Å².